The van der Waals surface area contributed by atoms with Gasteiger partial charge in [-0.25, -0.2) is 0 Å². The number of hydrogen-bond donors (Lipinski definition) is 3. The molecule has 0 spiro atoms. The third kappa shape index (κ3) is 2.98. The maximum Gasteiger partial charge on any atom is 0.249 e. The number of nitrogens with zero attached hydrogens (tertiary/aromatic N) is 2. The van der Waals surface area contributed by atoms with Crippen molar-refractivity contribution in [2.24, 2.45) is 10.9 Å². The van der Waals surface area contributed by atoms with E-state index < -0.39 is 11.6 Å². The van der Waals surface area contributed by atoms with Crippen LogP contribution in [0.2, 0.25) is 0 Å². The first-order valence-corrected chi connectivity index (χ1v) is 6.67. The molecule has 19 heavy (non-hydrogen) atoms. The lowest BCUT2D eigenvalue weighted by Crippen LogP contribution is -2.63. The van der Waals surface area contributed by atoms with Gasteiger partial charge in [0.1, 0.15) is 11.6 Å². The molecule has 0 bridgehead atoms. The van der Waals surface area contributed by atoms with Gasteiger partial charge in [0.15, 0.2) is 5.84 Å². The lowest BCUT2D eigenvalue weighted by molar-refractivity contribution is -0.131. The van der Waals surface area contributed by atoms with Crippen LogP contribution >= 0.6 is 0 Å². The number of nitrogens with one attached hydrogen (secondary N) is 1. The van der Waals surface area contributed by atoms with Crippen LogP contribution in [-0.2, 0) is 9.53 Å². The summed E-state index contributed by atoms with van der Waals surface area (Å²) in [7, 11) is 2.01. The van der Waals surface area contributed by atoms with Crippen molar-refractivity contribution in [3.8, 4) is 0 Å². The topological polar surface area (TPSA) is 100 Å². The largest absolute Gasteiger partial charge is 0.409 e. The molecule has 108 valence electrons. The molecule has 0 radical (unpaired) electrons. The number of amides is 1. The highest BCUT2D eigenvalue weighted by Crippen LogP contribution is 2.23. The van der Waals surface area contributed by atoms with Crippen LogP contribution in [-0.4, -0.2) is 60.2 Å². The van der Waals surface area contributed by atoms with Gasteiger partial charge in [-0.1, -0.05) is 5.16 Å². The predicted molar refractivity (Wildman–Crippen MR) is 70.0 cm³/mol. The normalized spacial score (nSPS) is 28.3. The zero-order chi connectivity index (χ0) is 13.9. The van der Waals surface area contributed by atoms with E-state index in [0.717, 1.165) is 25.9 Å². The molecule has 0 aromatic carbocycles. The van der Waals surface area contributed by atoms with E-state index >= 15 is 0 Å². The van der Waals surface area contributed by atoms with Crippen LogP contribution in [0.5, 0.6) is 0 Å². The molecular formula is C12H22N4O3. The number of ether oxygens (including phenoxy) is 1. The highest BCUT2D eigenvalue weighted by Gasteiger charge is 2.41. The first kappa shape index (κ1) is 14.1. The van der Waals surface area contributed by atoms with Crippen molar-refractivity contribution in [3.63, 3.8) is 0 Å². The quantitative estimate of drug-likeness (QED) is 0.278. The van der Waals surface area contributed by atoms with Gasteiger partial charge >= 0.3 is 0 Å². The number of piperidine rings is 1. The van der Waals surface area contributed by atoms with Gasteiger partial charge in [-0.15, -0.1) is 0 Å². The van der Waals surface area contributed by atoms with Crippen molar-refractivity contribution in [1.82, 2.24) is 10.2 Å². The highest BCUT2D eigenvalue weighted by atomic mass is 16.5. The molecule has 0 aromatic heterocycles. The van der Waals surface area contributed by atoms with Gasteiger partial charge in [-0.3, -0.25) is 4.79 Å². The number of carbonyl (C=O) groups is 1. The van der Waals surface area contributed by atoms with Crippen molar-refractivity contribution >= 4 is 11.7 Å². The summed E-state index contributed by atoms with van der Waals surface area (Å²) in [5.41, 5.74) is 5.06. The molecule has 1 amide bonds. The van der Waals surface area contributed by atoms with Crippen LogP contribution in [0.15, 0.2) is 5.16 Å². The summed E-state index contributed by atoms with van der Waals surface area (Å²) in [6, 6.07) is 0. The van der Waals surface area contributed by atoms with Crippen LogP contribution < -0.4 is 11.1 Å². The molecule has 4 N–H and O–H groups in total. The molecule has 0 aliphatic carbocycles. The number of nitrogens with two attached hydrogens (primary N) is 1. The first-order chi connectivity index (χ1) is 9.07. The Hall–Kier alpha value is -1.34. The first-order valence-electron chi connectivity index (χ1n) is 6.67. The number of oxime groups is 1. The monoisotopic (exact) mass is 270 g/mol. The van der Waals surface area contributed by atoms with E-state index in [9.17, 15) is 4.79 Å². The lowest BCUT2D eigenvalue weighted by Gasteiger charge is -2.40. The van der Waals surface area contributed by atoms with Crippen molar-refractivity contribution in [1.29, 1.82) is 0 Å². The van der Waals surface area contributed by atoms with Crippen molar-refractivity contribution < 1.29 is 14.7 Å². The predicted octanol–water partition coefficient (Wildman–Crippen LogP) is -0.508. The Bertz CT molecular complexity index is 358. The minimum absolute atomic E-state index is 0.0759. The number of likely N-dealkylation sites (tertiary alicyclic amines) is 1. The molecule has 2 aliphatic rings. The van der Waals surface area contributed by atoms with Crippen LogP contribution in [0, 0.1) is 0 Å². The van der Waals surface area contributed by atoms with Gasteiger partial charge in [0.2, 0.25) is 5.91 Å². The molecule has 7 heteroatoms. The Morgan fingerprint density at radius 1 is 1.53 bits per heavy atom. The molecule has 2 aliphatic heterocycles. The van der Waals surface area contributed by atoms with E-state index in [4.69, 9.17) is 15.7 Å². The van der Waals surface area contributed by atoms with Crippen LogP contribution in [0.1, 0.15) is 25.7 Å². The van der Waals surface area contributed by atoms with E-state index in [1.807, 2.05) is 7.05 Å². The molecule has 2 rings (SSSR count). The third-order valence-electron chi connectivity index (χ3n) is 4.02. The summed E-state index contributed by atoms with van der Waals surface area (Å²) in [6.45, 7) is 2.21. The summed E-state index contributed by atoms with van der Waals surface area (Å²) >= 11 is 0. The van der Waals surface area contributed by atoms with Crippen molar-refractivity contribution in [2.45, 2.75) is 37.3 Å². The maximum atomic E-state index is 12.2. The zero-order valence-electron chi connectivity index (χ0n) is 11.3. The van der Waals surface area contributed by atoms with E-state index in [2.05, 4.69) is 15.4 Å². The fourth-order valence-electron chi connectivity index (χ4n) is 2.64. The van der Waals surface area contributed by atoms with Crippen LogP contribution in [0.3, 0.4) is 0 Å². The Kier molecular flexibility index (Phi) is 4.26. The second-order valence-corrected chi connectivity index (χ2v) is 5.36. The second kappa shape index (κ2) is 5.75. The Labute approximate surface area is 112 Å². The third-order valence-corrected chi connectivity index (χ3v) is 4.02. The Morgan fingerprint density at radius 3 is 2.74 bits per heavy atom. The molecule has 2 saturated heterocycles. The fourth-order valence-corrected chi connectivity index (χ4v) is 2.64. The summed E-state index contributed by atoms with van der Waals surface area (Å²) < 4.78 is 5.37. The standard InChI is InChI=1S/C12H22N4O3/c1-16-6-4-12(5-7-16,11(13)15-18)14-10(17)9-3-2-8-19-9/h9,18H,2-8H2,1H3,(H2,13,15)(H,14,17). The summed E-state index contributed by atoms with van der Waals surface area (Å²) in [5, 5.41) is 15.0. The maximum absolute atomic E-state index is 12.2. The SMILES string of the molecule is CN1CCC(NC(=O)C2CCCO2)(/C(N)=N/O)CC1. The molecule has 7 nitrogen and oxygen atoms in total. The zero-order valence-corrected chi connectivity index (χ0v) is 11.3. The summed E-state index contributed by atoms with van der Waals surface area (Å²) in [4.78, 5) is 14.3. The summed E-state index contributed by atoms with van der Waals surface area (Å²) in [6.07, 6.45) is 2.51. The fraction of sp³-hybridized carbons (Fsp3) is 0.833. The molecule has 1 atom stereocenters. The molecule has 2 fully saturated rings. The van der Waals surface area contributed by atoms with Gasteiger partial charge < -0.3 is 25.9 Å². The Morgan fingerprint density at radius 2 is 2.21 bits per heavy atom. The molecule has 0 aromatic rings. The van der Waals surface area contributed by atoms with Gasteiger partial charge in [-0.05, 0) is 32.7 Å². The highest BCUT2D eigenvalue weighted by molar-refractivity contribution is 5.95. The van der Waals surface area contributed by atoms with Gasteiger partial charge in [0.05, 0.1) is 0 Å². The smallest absolute Gasteiger partial charge is 0.249 e. The average molecular weight is 270 g/mol. The van der Waals surface area contributed by atoms with Gasteiger partial charge in [0, 0.05) is 19.7 Å². The minimum atomic E-state index is -0.746. The number of carbonyl (C=O) groups excluding carboxylic acids is 1. The Balaban J connectivity index is 2.07. The number of amidine groups is 1. The average Bonchev–Trinajstić information content (AvgIpc) is 2.95. The van der Waals surface area contributed by atoms with E-state index in [1.54, 1.807) is 0 Å². The molecular weight excluding hydrogens is 248 g/mol. The van der Waals surface area contributed by atoms with E-state index in [-0.39, 0.29) is 11.7 Å². The molecule has 0 saturated carbocycles. The van der Waals surface area contributed by atoms with E-state index in [1.165, 1.54) is 0 Å². The van der Waals surface area contributed by atoms with Crippen molar-refractivity contribution in [3.05, 3.63) is 0 Å². The van der Waals surface area contributed by atoms with Crippen LogP contribution in [0.4, 0.5) is 0 Å². The van der Waals surface area contributed by atoms with Crippen LogP contribution in [0.25, 0.3) is 0 Å². The number of rotatable bonds is 3. The van der Waals surface area contributed by atoms with Gasteiger partial charge in [0.25, 0.3) is 0 Å². The van der Waals surface area contributed by atoms with Gasteiger partial charge in [-0.2, -0.15) is 0 Å². The second-order valence-electron chi connectivity index (χ2n) is 5.36. The molecule has 2 heterocycles. The van der Waals surface area contributed by atoms with Crippen molar-refractivity contribution in [2.75, 3.05) is 26.7 Å². The molecule has 1 unspecified atom stereocenters. The minimum Gasteiger partial charge on any atom is -0.409 e. The number of hydrogen-bond acceptors (Lipinski definition) is 5. The van der Waals surface area contributed by atoms with E-state index in [0.29, 0.717) is 19.4 Å². The lowest BCUT2D eigenvalue weighted by atomic mass is 9.86. The summed E-state index contributed by atoms with van der Waals surface area (Å²) in [5.74, 6) is -0.0828.